The fourth-order valence-electron chi connectivity index (χ4n) is 6.14. The van der Waals surface area contributed by atoms with Gasteiger partial charge in [-0.1, -0.05) is 48.5 Å². The Bertz CT molecular complexity index is 1390. The van der Waals surface area contributed by atoms with Crippen molar-refractivity contribution in [3.63, 3.8) is 0 Å². The Morgan fingerprint density at radius 2 is 0.723 bits per heavy atom. The zero-order valence-corrected chi connectivity index (χ0v) is 38.6. The van der Waals surface area contributed by atoms with Gasteiger partial charge in [0.1, 0.15) is 6.61 Å². The molecule has 0 aliphatic heterocycles. The predicted octanol–water partition coefficient (Wildman–Crippen LogP) is 4.08. The molecule has 0 atom stereocenters. The van der Waals surface area contributed by atoms with Crippen molar-refractivity contribution < 1.29 is 80.6 Å². The number of carbonyl (C=O) groups is 2. The molecule has 18 nitrogen and oxygen atoms in total. The van der Waals surface area contributed by atoms with Gasteiger partial charge >= 0.3 is 12.1 Å². The highest BCUT2D eigenvalue weighted by Gasteiger charge is 2.29. The van der Waals surface area contributed by atoms with E-state index in [4.69, 9.17) is 71.1 Å². The molecule has 2 aromatic rings. The summed E-state index contributed by atoms with van der Waals surface area (Å²) in [5.74, 6) is -0.212. The SMILES string of the molecule is CCOC(=O)CCOCCOCCOCCOCCOCCOCCOCCOCCOCCOCCOCCOCCOCCCNC(=O)OCC1c2ccccc2-c2ccccc21. The highest BCUT2D eigenvalue weighted by Crippen LogP contribution is 2.44. The van der Waals surface area contributed by atoms with Gasteiger partial charge in [-0.3, -0.25) is 4.79 Å². The van der Waals surface area contributed by atoms with E-state index in [0.717, 1.165) is 0 Å². The molecule has 0 saturated carbocycles. The van der Waals surface area contributed by atoms with Crippen LogP contribution in [0.15, 0.2) is 48.5 Å². The predicted molar refractivity (Wildman–Crippen MR) is 240 cm³/mol. The summed E-state index contributed by atoms with van der Waals surface area (Å²) in [5.41, 5.74) is 4.79. The summed E-state index contributed by atoms with van der Waals surface area (Å²) in [4.78, 5) is 23.5. The first-order chi connectivity index (χ1) is 32.2. The molecule has 1 N–H and O–H groups in total. The van der Waals surface area contributed by atoms with Crippen LogP contribution in [0.25, 0.3) is 11.1 Å². The Hall–Kier alpha value is -3.34. The Morgan fingerprint density at radius 1 is 0.415 bits per heavy atom. The fourth-order valence-corrected chi connectivity index (χ4v) is 6.14. The first kappa shape index (κ1) is 56.0. The monoisotopic (exact) mass is 926 g/mol. The summed E-state index contributed by atoms with van der Waals surface area (Å²) < 4.78 is 81.7. The summed E-state index contributed by atoms with van der Waals surface area (Å²) in [5, 5.41) is 2.81. The zero-order valence-electron chi connectivity index (χ0n) is 38.6. The lowest BCUT2D eigenvalue weighted by Gasteiger charge is -2.14. The van der Waals surface area contributed by atoms with Gasteiger partial charge in [-0.25, -0.2) is 4.79 Å². The fraction of sp³-hybridized carbons (Fsp3) is 0.702. The first-order valence-corrected chi connectivity index (χ1v) is 23.0. The number of amides is 1. The summed E-state index contributed by atoms with van der Waals surface area (Å²) in [7, 11) is 0. The van der Waals surface area contributed by atoms with Crippen LogP contribution in [0.1, 0.15) is 36.8 Å². The lowest BCUT2D eigenvalue weighted by molar-refractivity contribution is -0.144. The minimum Gasteiger partial charge on any atom is -0.466 e. The maximum Gasteiger partial charge on any atom is 0.407 e. The molecular weight excluding hydrogens is 851 g/mol. The van der Waals surface area contributed by atoms with E-state index in [1.807, 2.05) is 24.3 Å². The minimum atomic E-state index is -0.420. The second-order valence-electron chi connectivity index (χ2n) is 14.1. The van der Waals surface area contributed by atoms with Gasteiger partial charge in [-0.05, 0) is 35.6 Å². The summed E-state index contributed by atoms with van der Waals surface area (Å²) in [6.07, 6.45) is 0.509. The molecule has 0 saturated heterocycles. The molecule has 0 spiro atoms. The number of carbonyl (C=O) groups excluding carboxylic acids is 2. The van der Waals surface area contributed by atoms with Crippen LogP contribution in [0.4, 0.5) is 4.79 Å². The average Bonchev–Trinajstić information content (AvgIpc) is 3.64. The molecule has 1 aliphatic rings. The van der Waals surface area contributed by atoms with Crippen LogP contribution in [-0.4, -0.2) is 204 Å². The van der Waals surface area contributed by atoms with E-state index in [1.165, 1.54) is 22.3 Å². The van der Waals surface area contributed by atoms with Crippen LogP contribution in [0.3, 0.4) is 0 Å². The summed E-state index contributed by atoms with van der Waals surface area (Å²) in [6.45, 7) is 15.2. The Morgan fingerprint density at radius 3 is 1.06 bits per heavy atom. The standard InChI is InChI=1S/C47H75NO17/c1-2-64-46(49)12-15-52-17-19-54-21-23-56-25-27-58-29-31-60-33-35-62-37-39-63-38-36-61-34-32-59-30-28-57-26-24-55-22-20-53-18-16-51-14-7-13-48-47(50)65-40-45-43-10-5-3-8-41(43)42-9-4-6-11-44(42)45/h3-6,8-11,45H,2,7,12-40H2,1H3,(H,48,50). The third-order valence-corrected chi connectivity index (χ3v) is 9.30. The van der Waals surface area contributed by atoms with Gasteiger partial charge in [0.05, 0.1) is 178 Å². The number of ether oxygens (including phenoxy) is 15. The maximum absolute atomic E-state index is 12.3. The largest absolute Gasteiger partial charge is 0.466 e. The molecular formula is C47H75NO17. The smallest absolute Gasteiger partial charge is 0.407 e. The van der Waals surface area contributed by atoms with E-state index in [-0.39, 0.29) is 18.3 Å². The van der Waals surface area contributed by atoms with Crippen LogP contribution < -0.4 is 5.32 Å². The Balaban J connectivity index is 0.904. The van der Waals surface area contributed by atoms with Gasteiger partial charge in [0.25, 0.3) is 0 Å². The average molecular weight is 926 g/mol. The molecule has 0 unspecified atom stereocenters. The van der Waals surface area contributed by atoms with Crippen molar-refractivity contribution in [2.24, 2.45) is 0 Å². The van der Waals surface area contributed by atoms with E-state index >= 15 is 0 Å². The van der Waals surface area contributed by atoms with Crippen molar-refractivity contribution in [1.29, 1.82) is 0 Å². The number of rotatable bonds is 46. The zero-order chi connectivity index (χ0) is 45.9. The lowest BCUT2D eigenvalue weighted by Crippen LogP contribution is -2.27. The lowest BCUT2D eigenvalue weighted by atomic mass is 9.98. The molecule has 1 aliphatic carbocycles. The number of benzene rings is 2. The number of hydrogen-bond donors (Lipinski definition) is 1. The normalized spacial score (nSPS) is 12.1. The van der Waals surface area contributed by atoms with E-state index in [1.54, 1.807) is 6.92 Å². The van der Waals surface area contributed by atoms with Crippen LogP contribution in [0.2, 0.25) is 0 Å². The quantitative estimate of drug-likeness (QED) is 0.0739. The number of nitrogens with one attached hydrogen (secondary N) is 1. The number of hydrogen-bond acceptors (Lipinski definition) is 17. The molecule has 2 aromatic carbocycles. The van der Waals surface area contributed by atoms with Gasteiger partial charge in [-0.2, -0.15) is 0 Å². The van der Waals surface area contributed by atoms with Gasteiger partial charge in [0, 0.05) is 19.1 Å². The summed E-state index contributed by atoms with van der Waals surface area (Å²) >= 11 is 0. The third-order valence-electron chi connectivity index (χ3n) is 9.30. The van der Waals surface area contributed by atoms with Gasteiger partial charge in [0.15, 0.2) is 0 Å². The topological polar surface area (TPSA) is 185 Å². The molecule has 0 heterocycles. The molecule has 370 valence electrons. The molecule has 0 bridgehead atoms. The number of alkyl carbamates (subject to hydrolysis) is 1. The van der Waals surface area contributed by atoms with Crippen LogP contribution >= 0.6 is 0 Å². The van der Waals surface area contributed by atoms with E-state index in [9.17, 15) is 9.59 Å². The summed E-state index contributed by atoms with van der Waals surface area (Å²) in [6, 6.07) is 16.6. The molecule has 1 amide bonds. The van der Waals surface area contributed by atoms with E-state index in [2.05, 4.69) is 29.6 Å². The first-order valence-electron chi connectivity index (χ1n) is 23.0. The molecule has 3 rings (SSSR count). The van der Waals surface area contributed by atoms with Gasteiger partial charge in [0.2, 0.25) is 0 Å². The van der Waals surface area contributed by atoms with Crippen molar-refractivity contribution >= 4 is 12.1 Å². The Labute approximate surface area is 385 Å². The number of fused-ring (bicyclic) bond motifs is 3. The number of esters is 1. The highest BCUT2D eigenvalue weighted by molar-refractivity contribution is 5.79. The molecule has 18 heteroatoms. The molecule has 0 fully saturated rings. The Kier molecular flexibility index (Phi) is 35.2. The minimum absolute atomic E-state index is 0.0440. The van der Waals surface area contributed by atoms with Crippen molar-refractivity contribution in [3.05, 3.63) is 59.7 Å². The van der Waals surface area contributed by atoms with E-state index in [0.29, 0.717) is 198 Å². The molecule has 0 radical (unpaired) electrons. The van der Waals surface area contributed by atoms with Crippen LogP contribution in [-0.2, 0) is 75.8 Å². The van der Waals surface area contributed by atoms with Crippen LogP contribution in [0.5, 0.6) is 0 Å². The second-order valence-corrected chi connectivity index (χ2v) is 14.1. The van der Waals surface area contributed by atoms with E-state index < -0.39 is 6.09 Å². The van der Waals surface area contributed by atoms with Crippen molar-refractivity contribution in [3.8, 4) is 11.1 Å². The molecule has 65 heavy (non-hydrogen) atoms. The third kappa shape index (κ3) is 29.1. The van der Waals surface area contributed by atoms with Crippen molar-refractivity contribution in [2.75, 3.05) is 192 Å². The van der Waals surface area contributed by atoms with Gasteiger partial charge in [-0.15, -0.1) is 0 Å². The second kappa shape index (κ2) is 40.9. The van der Waals surface area contributed by atoms with Crippen molar-refractivity contribution in [2.45, 2.75) is 25.7 Å². The van der Waals surface area contributed by atoms with Crippen molar-refractivity contribution in [1.82, 2.24) is 5.32 Å². The molecule has 0 aromatic heterocycles. The highest BCUT2D eigenvalue weighted by atomic mass is 16.6. The maximum atomic E-state index is 12.3. The van der Waals surface area contributed by atoms with Gasteiger partial charge < -0.3 is 76.4 Å². The van der Waals surface area contributed by atoms with Crippen LogP contribution in [0, 0.1) is 0 Å².